The van der Waals surface area contributed by atoms with E-state index in [1.807, 2.05) is 60.9 Å². The molecule has 0 saturated heterocycles. The molecule has 0 saturated carbocycles. The molecule has 0 aliphatic carbocycles. The molecule has 0 fully saturated rings. The van der Waals surface area contributed by atoms with E-state index in [1.165, 1.54) is 11.0 Å². The van der Waals surface area contributed by atoms with Crippen LogP contribution in [0.2, 0.25) is 0 Å². The van der Waals surface area contributed by atoms with Gasteiger partial charge in [-0.1, -0.05) is 42.5 Å². The lowest BCUT2D eigenvalue weighted by atomic mass is 10.2. The third-order valence-electron chi connectivity index (χ3n) is 3.49. The van der Waals surface area contributed by atoms with Gasteiger partial charge in [-0.3, -0.25) is 4.79 Å². The van der Waals surface area contributed by atoms with Gasteiger partial charge < -0.3 is 5.32 Å². The number of benzene rings is 2. The maximum atomic E-state index is 12.0. The molecule has 2 aromatic carbocycles. The number of thioether (sulfide) groups is 1. The summed E-state index contributed by atoms with van der Waals surface area (Å²) < 4.78 is 0. The zero-order valence-electron chi connectivity index (χ0n) is 13.7. The largest absolute Gasteiger partial charge is 0.320 e. The molecule has 0 aliphatic rings. The van der Waals surface area contributed by atoms with Crippen molar-refractivity contribution in [1.82, 2.24) is 9.97 Å². The van der Waals surface area contributed by atoms with Crippen molar-refractivity contribution in [3.8, 4) is 11.4 Å². The first kappa shape index (κ1) is 16.9. The van der Waals surface area contributed by atoms with Gasteiger partial charge in [0.15, 0.2) is 5.82 Å². The Morgan fingerprint density at radius 1 is 1.00 bits per heavy atom. The Balaban J connectivity index is 1.61. The minimum atomic E-state index is -0.218. The van der Waals surface area contributed by atoms with Gasteiger partial charge in [0.25, 0.3) is 0 Å². The quantitative estimate of drug-likeness (QED) is 0.545. The summed E-state index contributed by atoms with van der Waals surface area (Å²) >= 11 is 1.69. The molecule has 0 atom stereocenters. The number of anilines is 1. The lowest BCUT2D eigenvalue weighted by Gasteiger charge is -2.03. The Morgan fingerprint density at radius 2 is 1.68 bits per heavy atom. The maximum Gasteiger partial charge on any atom is 0.248 e. The van der Waals surface area contributed by atoms with Crippen molar-refractivity contribution in [3.05, 3.63) is 78.6 Å². The summed E-state index contributed by atoms with van der Waals surface area (Å²) in [5.41, 5.74) is 2.48. The molecule has 5 heteroatoms. The van der Waals surface area contributed by atoms with Crippen molar-refractivity contribution < 1.29 is 4.79 Å². The first-order valence-corrected chi connectivity index (χ1v) is 8.97. The maximum absolute atomic E-state index is 12.0. The van der Waals surface area contributed by atoms with Gasteiger partial charge in [0.2, 0.25) is 5.91 Å². The number of hydrogen-bond acceptors (Lipinski definition) is 4. The van der Waals surface area contributed by atoms with Gasteiger partial charge in [-0.25, -0.2) is 9.97 Å². The lowest BCUT2D eigenvalue weighted by molar-refractivity contribution is -0.111. The Kier molecular flexibility index (Phi) is 5.59. The van der Waals surface area contributed by atoms with Crippen LogP contribution < -0.4 is 5.32 Å². The van der Waals surface area contributed by atoms with E-state index >= 15 is 0 Å². The monoisotopic (exact) mass is 347 g/mol. The first-order chi connectivity index (χ1) is 12.2. The van der Waals surface area contributed by atoms with E-state index < -0.39 is 0 Å². The van der Waals surface area contributed by atoms with Crippen LogP contribution >= 0.6 is 11.8 Å². The Labute approximate surface area is 151 Å². The summed E-state index contributed by atoms with van der Waals surface area (Å²) in [5, 5.41) is 2.76. The van der Waals surface area contributed by atoms with E-state index in [2.05, 4.69) is 15.3 Å². The molecule has 1 aromatic heterocycles. The van der Waals surface area contributed by atoms with Crippen LogP contribution in [0.15, 0.2) is 78.0 Å². The molecule has 0 bridgehead atoms. The molecular formula is C20H17N3OS. The molecule has 4 nitrogen and oxygen atoms in total. The summed E-state index contributed by atoms with van der Waals surface area (Å²) in [6.45, 7) is 0. The van der Waals surface area contributed by atoms with Crippen molar-refractivity contribution in [3.63, 3.8) is 0 Å². The van der Waals surface area contributed by atoms with E-state index in [4.69, 9.17) is 0 Å². The molecular weight excluding hydrogens is 330 g/mol. The summed E-state index contributed by atoms with van der Waals surface area (Å²) in [6, 6.07) is 17.7. The van der Waals surface area contributed by atoms with Gasteiger partial charge >= 0.3 is 0 Å². The number of carbonyl (C=O) groups excluding carboxylic acids is 1. The number of hydrogen-bond donors (Lipinski definition) is 1. The highest BCUT2D eigenvalue weighted by molar-refractivity contribution is 7.98. The average Bonchev–Trinajstić information content (AvgIpc) is 2.68. The fourth-order valence-electron chi connectivity index (χ4n) is 2.20. The second-order valence-corrected chi connectivity index (χ2v) is 6.14. The minimum absolute atomic E-state index is 0.218. The summed E-state index contributed by atoms with van der Waals surface area (Å²) in [7, 11) is 0. The van der Waals surface area contributed by atoms with Gasteiger partial charge in [-0.2, -0.15) is 0 Å². The van der Waals surface area contributed by atoms with Gasteiger partial charge in [-0.15, -0.1) is 11.8 Å². The van der Waals surface area contributed by atoms with Crippen molar-refractivity contribution in [1.29, 1.82) is 0 Å². The van der Waals surface area contributed by atoms with E-state index in [1.54, 1.807) is 30.2 Å². The molecule has 1 N–H and O–H groups in total. The van der Waals surface area contributed by atoms with Crippen LogP contribution in [-0.2, 0) is 4.79 Å². The smallest absolute Gasteiger partial charge is 0.248 e. The fraction of sp³-hybridized carbons (Fsp3) is 0.0500. The zero-order valence-corrected chi connectivity index (χ0v) is 14.5. The molecule has 3 aromatic rings. The Bertz CT molecular complexity index is 860. The standard InChI is InChI=1S/C20H17N3OS/c1-25-18-10-7-15(8-11-18)9-12-19(24)23-17-13-21-20(22-14-17)16-5-3-2-4-6-16/h2-14H,1H3,(H,23,24)/b12-9+. The Morgan fingerprint density at radius 3 is 2.32 bits per heavy atom. The normalized spacial score (nSPS) is 10.8. The van der Waals surface area contributed by atoms with E-state index in [-0.39, 0.29) is 5.91 Å². The molecule has 3 rings (SSSR count). The molecule has 1 heterocycles. The molecule has 0 radical (unpaired) electrons. The third-order valence-corrected chi connectivity index (χ3v) is 4.24. The number of carbonyl (C=O) groups is 1. The van der Waals surface area contributed by atoms with Crippen LogP contribution in [0.3, 0.4) is 0 Å². The van der Waals surface area contributed by atoms with Crippen LogP contribution in [0, 0.1) is 0 Å². The van der Waals surface area contributed by atoms with E-state index in [0.717, 1.165) is 11.1 Å². The highest BCUT2D eigenvalue weighted by Gasteiger charge is 2.02. The Hall–Kier alpha value is -2.92. The first-order valence-electron chi connectivity index (χ1n) is 7.75. The van der Waals surface area contributed by atoms with Gasteiger partial charge in [0, 0.05) is 16.5 Å². The average molecular weight is 347 g/mol. The molecule has 0 spiro atoms. The molecule has 0 unspecified atom stereocenters. The number of amides is 1. The summed E-state index contributed by atoms with van der Waals surface area (Å²) in [6.07, 6.45) is 8.52. The number of nitrogens with zero attached hydrogens (tertiary/aromatic N) is 2. The molecule has 25 heavy (non-hydrogen) atoms. The predicted molar refractivity (Wildman–Crippen MR) is 103 cm³/mol. The predicted octanol–water partition coefficient (Wildman–Crippen LogP) is 4.52. The van der Waals surface area contributed by atoms with Crippen LogP contribution in [-0.4, -0.2) is 22.1 Å². The molecule has 1 amide bonds. The highest BCUT2D eigenvalue weighted by Crippen LogP contribution is 2.16. The SMILES string of the molecule is CSc1ccc(/C=C/C(=O)Nc2cnc(-c3ccccc3)nc2)cc1. The van der Waals surface area contributed by atoms with E-state index in [0.29, 0.717) is 11.5 Å². The second-order valence-electron chi connectivity index (χ2n) is 5.26. The molecule has 124 valence electrons. The van der Waals surface area contributed by atoms with Crippen LogP contribution in [0.5, 0.6) is 0 Å². The third kappa shape index (κ3) is 4.78. The van der Waals surface area contributed by atoms with Crippen molar-refractivity contribution in [2.75, 3.05) is 11.6 Å². The van der Waals surface area contributed by atoms with E-state index in [9.17, 15) is 4.79 Å². The number of rotatable bonds is 5. The fourth-order valence-corrected chi connectivity index (χ4v) is 2.61. The number of nitrogens with one attached hydrogen (secondary N) is 1. The minimum Gasteiger partial charge on any atom is -0.320 e. The van der Waals surface area contributed by atoms with Crippen LogP contribution in [0.4, 0.5) is 5.69 Å². The van der Waals surface area contributed by atoms with Gasteiger partial charge in [-0.05, 0) is 30.0 Å². The van der Waals surface area contributed by atoms with Gasteiger partial charge in [0.1, 0.15) is 0 Å². The van der Waals surface area contributed by atoms with Crippen LogP contribution in [0.25, 0.3) is 17.5 Å². The zero-order chi connectivity index (χ0) is 17.5. The highest BCUT2D eigenvalue weighted by atomic mass is 32.2. The number of aromatic nitrogens is 2. The lowest BCUT2D eigenvalue weighted by Crippen LogP contribution is -2.08. The van der Waals surface area contributed by atoms with Crippen molar-refractivity contribution in [2.24, 2.45) is 0 Å². The second kappa shape index (κ2) is 8.26. The van der Waals surface area contributed by atoms with Gasteiger partial charge in [0.05, 0.1) is 18.1 Å². The van der Waals surface area contributed by atoms with Crippen LogP contribution in [0.1, 0.15) is 5.56 Å². The van der Waals surface area contributed by atoms with Crippen molar-refractivity contribution in [2.45, 2.75) is 4.90 Å². The van der Waals surface area contributed by atoms with Crippen molar-refractivity contribution >= 4 is 29.4 Å². The summed E-state index contributed by atoms with van der Waals surface area (Å²) in [5.74, 6) is 0.410. The topological polar surface area (TPSA) is 54.9 Å². The molecule has 0 aliphatic heterocycles. The summed E-state index contributed by atoms with van der Waals surface area (Å²) in [4.78, 5) is 21.8.